The molecule has 2 heterocycles. The van der Waals surface area contributed by atoms with Crippen LogP contribution in [-0.2, 0) is 0 Å². The van der Waals surface area contributed by atoms with Gasteiger partial charge in [-0.1, -0.05) is 0 Å². The van der Waals surface area contributed by atoms with Gasteiger partial charge in [-0.25, -0.2) is 4.98 Å². The summed E-state index contributed by atoms with van der Waals surface area (Å²) in [5.41, 5.74) is 2.07. The normalized spacial score (nSPS) is 10.6. The van der Waals surface area contributed by atoms with Crippen LogP contribution in [0.5, 0.6) is 0 Å². The van der Waals surface area contributed by atoms with E-state index in [-0.39, 0.29) is 0 Å². The van der Waals surface area contributed by atoms with Crippen LogP contribution in [0.1, 0.15) is 10.6 Å². The zero-order valence-corrected chi connectivity index (χ0v) is 8.43. The van der Waals surface area contributed by atoms with E-state index in [1.165, 1.54) is 4.88 Å². The second-order valence-electron chi connectivity index (χ2n) is 3.00. The molecule has 0 aliphatic rings. The van der Waals surface area contributed by atoms with Gasteiger partial charge in [0, 0.05) is 16.6 Å². The van der Waals surface area contributed by atoms with Crippen molar-refractivity contribution in [3.63, 3.8) is 0 Å². The monoisotopic (exact) mass is 193 g/mol. The van der Waals surface area contributed by atoms with Gasteiger partial charge in [-0.3, -0.25) is 4.68 Å². The molecule has 0 aliphatic carbocycles. The van der Waals surface area contributed by atoms with Gasteiger partial charge in [0.25, 0.3) is 0 Å². The topological polar surface area (TPSA) is 43.8 Å². The van der Waals surface area contributed by atoms with E-state index in [2.05, 4.69) is 17.3 Å². The Hall–Kier alpha value is -1.29. The number of hydrogen-bond acceptors (Lipinski definition) is 3. The Bertz CT molecular complexity index is 428. The minimum Gasteiger partial charge on any atom is -0.338 e. The molecule has 0 saturated carbocycles. The molecule has 3 nitrogen and oxygen atoms in total. The zero-order valence-electron chi connectivity index (χ0n) is 7.61. The predicted octanol–water partition coefficient (Wildman–Crippen LogP) is 1.94. The average Bonchev–Trinajstić information content (AvgIpc) is 2.58. The number of thiophene rings is 1. The Morgan fingerprint density at radius 2 is 2.23 bits per heavy atom. The standard InChI is InChI=1S/C9H11N3S/c1-6-5-12(10)9(11-6)8-3-4-13-7(8)2/h3-5H,10H2,1-2H3. The van der Waals surface area contributed by atoms with Crippen molar-refractivity contribution >= 4 is 11.3 Å². The van der Waals surface area contributed by atoms with Crippen LogP contribution in [0.15, 0.2) is 17.6 Å². The van der Waals surface area contributed by atoms with Gasteiger partial charge >= 0.3 is 0 Å². The van der Waals surface area contributed by atoms with Crippen molar-refractivity contribution in [2.45, 2.75) is 13.8 Å². The highest BCUT2D eigenvalue weighted by molar-refractivity contribution is 7.10. The molecule has 0 aromatic carbocycles. The number of aromatic nitrogens is 2. The number of aryl methyl sites for hydroxylation is 2. The van der Waals surface area contributed by atoms with Gasteiger partial charge < -0.3 is 5.84 Å². The van der Waals surface area contributed by atoms with Crippen LogP contribution in [0.4, 0.5) is 0 Å². The molecule has 2 aromatic heterocycles. The van der Waals surface area contributed by atoms with E-state index >= 15 is 0 Å². The Kier molecular flexibility index (Phi) is 1.84. The maximum atomic E-state index is 5.76. The molecule has 0 amide bonds. The van der Waals surface area contributed by atoms with Crippen molar-refractivity contribution in [3.05, 3.63) is 28.2 Å². The number of imidazole rings is 1. The quantitative estimate of drug-likeness (QED) is 0.703. The Morgan fingerprint density at radius 3 is 2.69 bits per heavy atom. The molecule has 0 saturated heterocycles. The summed E-state index contributed by atoms with van der Waals surface area (Å²) in [5.74, 6) is 6.60. The fourth-order valence-corrected chi connectivity index (χ4v) is 2.03. The minimum absolute atomic E-state index is 0.844. The summed E-state index contributed by atoms with van der Waals surface area (Å²) < 4.78 is 1.57. The molecule has 4 heteroatoms. The SMILES string of the molecule is Cc1cn(N)c(-c2ccsc2C)n1. The summed E-state index contributed by atoms with van der Waals surface area (Å²) in [6.07, 6.45) is 1.83. The van der Waals surface area contributed by atoms with E-state index in [4.69, 9.17) is 5.84 Å². The first kappa shape index (κ1) is 8.31. The number of hydrogen-bond donors (Lipinski definition) is 1. The fraction of sp³-hybridized carbons (Fsp3) is 0.222. The molecule has 2 aromatic rings. The molecule has 0 fully saturated rings. The summed E-state index contributed by atoms with van der Waals surface area (Å²) >= 11 is 1.71. The molecule has 2 rings (SSSR count). The highest BCUT2D eigenvalue weighted by Gasteiger charge is 2.09. The third kappa shape index (κ3) is 1.33. The highest BCUT2D eigenvalue weighted by Crippen LogP contribution is 2.25. The molecule has 2 N–H and O–H groups in total. The molecule has 0 unspecified atom stereocenters. The van der Waals surface area contributed by atoms with Crippen molar-refractivity contribution in [1.29, 1.82) is 0 Å². The van der Waals surface area contributed by atoms with Crippen LogP contribution < -0.4 is 5.84 Å². The molecule has 68 valence electrons. The van der Waals surface area contributed by atoms with Gasteiger partial charge in [-0.2, -0.15) is 0 Å². The maximum Gasteiger partial charge on any atom is 0.159 e. The molecular formula is C9H11N3S. The van der Waals surface area contributed by atoms with E-state index in [9.17, 15) is 0 Å². The largest absolute Gasteiger partial charge is 0.338 e. The van der Waals surface area contributed by atoms with Gasteiger partial charge in [0.05, 0.1) is 5.69 Å². The molecule has 0 bridgehead atoms. The summed E-state index contributed by atoms with van der Waals surface area (Å²) in [6, 6.07) is 2.05. The van der Waals surface area contributed by atoms with Crippen LogP contribution in [0.3, 0.4) is 0 Å². The first-order chi connectivity index (χ1) is 6.18. The third-order valence-corrected chi connectivity index (χ3v) is 2.80. The van der Waals surface area contributed by atoms with Crippen molar-refractivity contribution in [3.8, 4) is 11.4 Å². The average molecular weight is 193 g/mol. The second-order valence-corrected chi connectivity index (χ2v) is 4.12. The number of rotatable bonds is 1. The van der Waals surface area contributed by atoms with Gasteiger partial charge in [0.15, 0.2) is 5.82 Å². The summed E-state index contributed by atoms with van der Waals surface area (Å²) in [7, 11) is 0. The minimum atomic E-state index is 0.844. The lowest BCUT2D eigenvalue weighted by Gasteiger charge is -1.98. The number of nitrogen functional groups attached to an aromatic ring is 1. The van der Waals surface area contributed by atoms with Crippen molar-refractivity contribution < 1.29 is 0 Å². The molecule has 0 spiro atoms. The van der Waals surface area contributed by atoms with Crippen LogP contribution in [0.2, 0.25) is 0 Å². The van der Waals surface area contributed by atoms with E-state index in [0.29, 0.717) is 0 Å². The summed E-state index contributed by atoms with van der Waals surface area (Å²) in [4.78, 5) is 5.61. The van der Waals surface area contributed by atoms with Crippen LogP contribution >= 0.6 is 11.3 Å². The van der Waals surface area contributed by atoms with E-state index in [0.717, 1.165) is 17.1 Å². The van der Waals surface area contributed by atoms with Crippen LogP contribution in [-0.4, -0.2) is 9.66 Å². The number of nitrogens with zero attached hydrogens (tertiary/aromatic N) is 2. The van der Waals surface area contributed by atoms with E-state index in [1.807, 2.05) is 19.2 Å². The Labute approximate surface area is 80.8 Å². The van der Waals surface area contributed by atoms with E-state index in [1.54, 1.807) is 16.0 Å². The molecule has 0 atom stereocenters. The third-order valence-electron chi connectivity index (χ3n) is 1.95. The molecule has 13 heavy (non-hydrogen) atoms. The Morgan fingerprint density at radius 1 is 1.46 bits per heavy atom. The first-order valence-electron chi connectivity index (χ1n) is 4.04. The summed E-state index contributed by atoms with van der Waals surface area (Å²) in [6.45, 7) is 4.01. The number of nitrogens with two attached hydrogens (primary N) is 1. The summed E-state index contributed by atoms with van der Waals surface area (Å²) in [5, 5.41) is 2.05. The fourth-order valence-electron chi connectivity index (χ4n) is 1.33. The van der Waals surface area contributed by atoms with Gasteiger partial charge in [0.1, 0.15) is 0 Å². The lowest BCUT2D eigenvalue weighted by Crippen LogP contribution is -2.08. The van der Waals surface area contributed by atoms with Crippen molar-refractivity contribution in [2.24, 2.45) is 0 Å². The molecular weight excluding hydrogens is 182 g/mol. The van der Waals surface area contributed by atoms with Gasteiger partial charge in [0.2, 0.25) is 0 Å². The van der Waals surface area contributed by atoms with Crippen LogP contribution in [0, 0.1) is 13.8 Å². The zero-order chi connectivity index (χ0) is 9.42. The van der Waals surface area contributed by atoms with Crippen LogP contribution in [0.25, 0.3) is 11.4 Å². The van der Waals surface area contributed by atoms with Gasteiger partial charge in [-0.05, 0) is 25.3 Å². The second kappa shape index (κ2) is 2.88. The van der Waals surface area contributed by atoms with E-state index < -0.39 is 0 Å². The Balaban J connectivity index is 2.58. The molecule has 0 aliphatic heterocycles. The van der Waals surface area contributed by atoms with Crippen molar-refractivity contribution in [2.75, 3.05) is 5.84 Å². The maximum absolute atomic E-state index is 5.76. The van der Waals surface area contributed by atoms with Crippen molar-refractivity contribution in [1.82, 2.24) is 9.66 Å². The lowest BCUT2D eigenvalue weighted by molar-refractivity contribution is 1.01. The highest BCUT2D eigenvalue weighted by atomic mass is 32.1. The lowest BCUT2D eigenvalue weighted by atomic mass is 10.2. The van der Waals surface area contributed by atoms with Gasteiger partial charge in [-0.15, -0.1) is 11.3 Å². The smallest absolute Gasteiger partial charge is 0.159 e. The predicted molar refractivity (Wildman–Crippen MR) is 55.2 cm³/mol. The molecule has 0 radical (unpaired) electrons. The first-order valence-corrected chi connectivity index (χ1v) is 4.92.